The smallest absolute Gasteiger partial charge is 0.179 e. The molecular weight excluding hydrogens is 186 g/mol. The number of aromatic nitrogens is 1. The zero-order valence-electron chi connectivity index (χ0n) is 9.86. The molecule has 0 aliphatic rings. The number of pyridine rings is 1. The summed E-state index contributed by atoms with van der Waals surface area (Å²) in [6.07, 6.45) is 5.70. The Balaban J connectivity index is 2.70. The zero-order valence-corrected chi connectivity index (χ0v) is 9.86. The molecule has 0 saturated carbocycles. The lowest BCUT2D eigenvalue weighted by atomic mass is 10.1. The topological polar surface area (TPSA) is 20.9 Å². The van der Waals surface area contributed by atoms with Crippen molar-refractivity contribution in [3.8, 4) is 0 Å². The first-order valence-corrected chi connectivity index (χ1v) is 5.65. The summed E-state index contributed by atoms with van der Waals surface area (Å²) in [5.74, 6) is 0.914. The summed E-state index contributed by atoms with van der Waals surface area (Å²) in [6, 6.07) is 3.83. The number of carbonyl (C=O) groups excluding carboxylic acids is 1. The number of Topliss-reactive ketones (excluding diaryl/α,β-unsaturated/α-hetero) is 1. The molecule has 15 heavy (non-hydrogen) atoms. The Bertz CT molecular complexity index is 331. The highest BCUT2D eigenvalue weighted by Gasteiger charge is 2.08. The summed E-state index contributed by atoms with van der Waals surface area (Å²) in [4.78, 5) is 11.5. The first kappa shape index (κ1) is 11.9. The number of rotatable bonds is 5. The van der Waals surface area contributed by atoms with Gasteiger partial charge >= 0.3 is 0 Å². The molecule has 1 aromatic rings. The number of carbonyl (C=O) groups is 1. The van der Waals surface area contributed by atoms with E-state index in [9.17, 15) is 4.79 Å². The molecule has 1 heterocycles. The van der Waals surface area contributed by atoms with Gasteiger partial charge in [-0.25, -0.2) is 4.57 Å². The van der Waals surface area contributed by atoms with Crippen molar-refractivity contribution in [2.75, 3.05) is 0 Å². The maximum absolute atomic E-state index is 11.5. The van der Waals surface area contributed by atoms with Crippen LogP contribution in [0.15, 0.2) is 24.5 Å². The number of ketones is 1. The average molecular weight is 206 g/mol. The lowest BCUT2D eigenvalue weighted by molar-refractivity contribution is -0.698. The van der Waals surface area contributed by atoms with E-state index in [-0.39, 0.29) is 5.78 Å². The van der Waals surface area contributed by atoms with Gasteiger partial charge in [-0.05, 0) is 12.0 Å². The molecule has 2 heteroatoms. The van der Waals surface area contributed by atoms with Crippen LogP contribution in [0.3, 0.4) is 0 Å². The van der Waals surface area contributed by atoms with Crippen molar-refractivity contribution in [2.24, 2.45) is 5.92 Å². The molecule has 0 bridgehead atoms. The molecule has 0 aromatic carbocycles. The van der Waals surface area contributed by atoms with Gasteiger partial charge in [0, 0.05) is 18.9 Å². The third-order valence-electron chi connectivity index (χ3n) is 2.47. The molecule has 0 unspecified atom stereocenters. The highest BCUT2D eigenvalue weighted by Crippen LogP contribution is 2.01. The van der Waals surface area contributed by atoms with Crippen LogP contribution >= 0.6 is 0 Å². The van der Waals surface area contributed by atoms with Crippen molar-refractivity contribution >= 4 is 5.78 Å². The van der Waals surface area contributed by atoms with Crippen LogP contribution in [0, 0.1) is 5.92 Å². The minimum atomic E-state index is 0.217. The van der Waals surface area contributed by atoms with Crippen molar-refractivity contribution in [1.82, 2.24) is 0 Å². The van der Waals surface area contributed by atoms with E-state index >= 15 is 0 Å². The molecule has 1 aromatic heterocycles. The van der Waals surface area contributed by atoms with Gasteiger partial charge in [0.15, 0.2) is 18.2 Å². The summed E-state index contributed by atoms with van der Waals surface area (Å²) in [7, 11) is 0. The third-order valence-corrected chi connectivity index (χ3v) is 2.47. The second-order valence-corrected chi connectivity index (χ2v) is 4.29. The van der Waals surface area contributed by atoms with Crippen LogP contribution in [0.5, 0.6) is 0 Å². The monoisotopic (exact) mass is 206 g/mol. The van der Waals surface area contributed by atoms with Gasteiger partial charge in [-0.1, -0.05) is 20.8 Å². The van der Waals surface area contributed by atoms with Crippen LogP contribution in [-0.4, -0.2) is 5.78 Å². The van der Waals surface area contributed by atoms with E-state index in [0.29, 0.717) is 12.3 Å². The van der Waals surface area contributed by atoms with Crippen molar-refractivity contribution in [2.45, 2.75) is 40.2 Å². The Morgan fingerprint density at radius 3 is 2.80 bits per heavy atom. The first-order valence-electron chi connectivity index (χ1n) is 5.65. The predicted molar refractivity (Wildman–Crippen MR) is 60.7 cm³/mol. The first-order chi connectivity index (χ1) is 7.13. The molecule has 0 aliphatic carbocycles. The molecule has 0 fully saturated rings. The molecule has 0 amide bonds. The van der Waals surface area contributed by atoms with Gasteiger partial charge in [0.2, 0.25) is 0 Å². The minimum absolute atomic E-state index is 0.217. The molecule has 2 nitrogen and oxygen atoms in total. The van der Waals surface area contributed by atoms with E-state index in [2.05, 4.69) is 18.4 Å². The third kappa shape index (κ3) is 3.82. The normalized spacial score (nSPS) is 10.7. The van der Waals surface area contributed by atoms with Gasteiger partial charge in [0.25, 0.3) is 0 Å². The van der Waals surface area contributed by atoms with E-state index in [1.54, 1.807) is 0 Å². The van der Waals surface area contributed by atoms with Gasteiger partial charge in [-0.2, -0.15) is 0 Å². The van der Waals surface area contributed by atoms with Gasteiger partial charge < -0.3 is 0 Å². The van der Waals surface area contributed by atoms with Crippen LogP contribution in [-0.2, 0) is 6.54 Å². The van der Waals surface area contributed by atoms with E-state index in [1.807, 2.05) is 31.5 Å². The highest BCUT2D eigenvalue weighted by molar-refractivity contribution is 5.95. The number of aryl methyl sites for hydroxylation is 1. The van der Waals surface area contributed by atoms with Crippen molar-refractivity contribution in [1.29, 1.82) is 0 Å². The van der Waals surface area contributed by atoms with Crippen molar-refractivity contribution in [3.05, 3.63) is 30.1 Å². The maximum atomic E-state index is 11.5. The second kappa shape index (κ2) is 5.64. The van der Waals surface area contributed by atoms with Crippen LogP contribution in [0.1, 0.15) is 44.0 Å². The summed E-state index contributed by atoms with van der Waals surface area (Å²) < 4.78 is 2.10. The quantitative estimate of drug-likeness (QED) is 0.536. The molecular formula is C13H20NO+. The Morgan fingerprint density at radius 1 is 1.47 bits per heavy atom. The molecule has 0 saturated heterocycles. The van der Waals surface area contributed by atoms with Gasteiger partial charge in [-0.3, -0.25) is 4.79 Å². The van der Waals surface area contributed by atoms with E-state index in [4.69, 9.17) is 0 Å². The maximum Gasteiger partial charge on any atom is 0.179 e. The SMILES string of the molecule is CCC(=O)c1ccc[n+](CCC(C)C)c1. The van der Waals surface area contributed by atoms with E-state index in [1.165, 1.54) is 0 Å². The summed E-state index contributed by atoms with van der Waals surface area (Å²) in [5, 5.41) is 0. The molecule has 0 aliphatic heterocycles. The molecule has 0 spiro atoms. The van der Waals surface area contributed by atoms with Gasteiger partial charge in [0.05, 0.1) is 5.56 Å². The molecule has 1 rings (SSSR count). The largest absolute Gasteiger partial charge is 0.294 e. The summed E-state index contributed by atoms with van der Waals surface area (Å²) >= 11 is 0. The lowest BCUT2D eigenvalue weighted by Gasteiger charge is -2.01. The fourth-order valence-electron chi connectivity index (χ4n) is 1.44. The molecule has 0 radical (unpaired) electrons. The summed E-state index contributed by atoms with van der Waals surface area (Å²) in [5.41, 5.74) is 0.823. The molecule has 82 valence electrons. The highest BCUT2D eigenvalue weighted by atomic mass is 16.1. The van der Waals surface area contributed by atoms with Crippen molar-refractivity contribution < 1.29 is 9.36 Å². The van der Waals surface area contributed by atoms with E-state index in [0.717, 1.165) is 18.5 Å². The van der Waals surface area contributed by atoms with Crippen molar-refractivity contribution in [3.63, 3.8) is 0 Å². The van der Waals surface area contributed by atoms with Crippen LogP contribution in [0.4, 0.5) is 0 Å². The average Bonchev–Trinajstić information content (AvgIpc) is 2.25. The number of nitrogens with zero attached hydrogens (tertiary/aromatic N) is 1. The Labute approximate surface area is 91.9 Å². The number of hydrogen-bond donors (Lipinski definition) is 0. The second-order valence-electron chi connectivity index (χ2n) is 4.29. The van der Waals surface area contributed by atoms with Crippen LogP contribution in [0.25, 0.3) is 0 Å². The zero-order chi connectivity index (χ0) is 11.3. The summed E-state index contributed by atoms with van der Waals surface area (Å²) in [6.45, 7) is 7.31. The predicted octanol–water partition coefficient (Wildman–Crippen LogP) is 2.61. The van der Waals surface area contributed by atoms with Gasteiger partial charge in [-0.15, -0.1) is 0 Å². The minimum Gasteiger partial charge on any atom is -0.294 e. The Kier molecular flexibility index (Phi) is 4.47. The molecule has 0 atom stereocenters. The fraction of sp³-hybridized carbons (Fsp3) is 0.538. The fourth-order valence-corrected chi connectivity index (χ4v) is 1.44. The molecule has 0 N–H and O–H groups in total. The number of hydrogen-bond acceptors (Lipinski definition) is 1. The standard InChI is InChI=1S/C13H20NO/c1-4-13(15)12-6-5-8-14(10-12)9-7-11(2)3/h5-6,8,10-11H,4,7,9H2,1-3H3/q+1. The Hall–Kier alpha value is -1.18. The van der Waals surface area contributed by atoms with Gasteiger partial charge in [0.1, 0.15) is 6.54 Å². The van der Waals surface area contributed by atoms with Crippen LogP contribution in [0.2, 0.25) is 0 Å². The lowest BCUT2D eigenvalue weighted by Crippen LogP contribution is -2.34. The van der Waals surface area contributed by atoms with E-state index < -0.39 is 0 Å². The van der Waals surface area contributed by atoms with Crippen LogP contribution < -0.4 is 4.57 Å². The Morgan fingerprint density at radius 2 is 2.20 bits per heavy atom.